The van der Waals surface area contributed by atoms with Crippen LogP contribution in [0.15, 0.2) is 67.0 Å². The van der Waals surface area contributed by atoms with Crippen LogP contribution in [0.3, 0.4) is 0 Å². The lowest BCUT2D eigenvalue weighted by atomic mass is 9.96. The van der Waals surface area contributed by atoms with Gasteiger partial charge in [-0.1, -0.05) is 30.3 Å². The Bertz CT molecular complexity index is 1070. The molecule has 3 N–H and O–H groups in total. The number of hydrogen-bond donors (Lipinski definition) is 3. The van der Waals surface area contributed by atoms with Crippen LogP contribution in [0.4, 0.5) is 10.5 Å². The van der Waals surface area contributed by atoms with Gasteiger partial charge < -0.3 is 30.0 Å². The smallest absolute Gasteiger partial charge is 0.319 e. The second kappa shape index (κ2) is 8.62. The minimum Gasteiger partial charge on any atom is -0.497 e. The van der Waals surface area contributed by atoms with Gasteiger partial charge in [0.2, 0.25) is 0 Å². The van der Waals surface area contributed by atoms with Crippen molar-refractivity contribution in [2.75, 3.05) is 19.0 Å². The molecule has 2 aliphatic heterocycles. The third kappa shape index (κ3) is 3.93. The molecule has 3 aromatic rings. The average Bonchev–Trinajstić information content (AvgIpc) is 3.47. The van der Waals surface area contributed by atoms with Crippen LogP contribution < -0.4 is 15.4 Å². The summed E-state index contributed by atoms with van der Waals surface area (Å²) in [6.45, 7) is 0.276. The van der Waals surface area contributed by atoms with Crippen LogP contribution in [0.5, 0.6) is 5.75 Å². The molecule has 2 aliphatic rings. The fraction of sp³-hybridized carbons (Fsp3) is 0.304. The van der Waals surface area contributed by atoms with Gasteiger partial charge in [-0.2, -0.15) is 5.10 Å². The van der Waals surface area contributed by atoms with E-state index in [9.17, 15) is 9.90 Å². The summed E-state index contributed by atoms with van der Waals surface area (Å²) in [5, 5.41) is 21.2. The van der Waals surface area contributed by atoms with Crippen molar-refractivity contribution in [1.82, 2.24) is 15.1 Å². The lowest BCUT2D eigenvalue weighted by Crippen LogP contribution is -2.59. The van der Waals surface area contributed by atoms with Gasteiger partial charge in [0.15, 0.2) is 6.29 Å². The summed E-state index contributed by atoms with van der Waals surface area (Å²) in [5.74, 6) is 0.693. The van der Waals surface area contributed by atoms with Crippen LogP contribution in [0.2, 0.25) is 0 Å². The number of nitrogens with one attached hydrogen (secondary N) is 2. The third-order valence-corrected chi connectivity index (χ3v) is 5.79. The molecule has 0 aliphatic carbocycles. The predicted octanol–water partition coefficient (Wildman–Crippen LogP) is 2.41. The first kappa shape index (κ1) is 20.5. The van der Waals surface area contributed by atoms with Crippen molar-refractivity contribution in [3.63, 3.8) is 0 Å². The SMILES string of the molecule is COc1ccc(NC(=O)N[C@H]2[C@H](O)[C@@H](n3cc(-c4ccccc4)cn3)[C@@H]3OC[C@H]2O3)cc1. The van der Waals surface area contributed by atoms with E-state index in [2.05, 4.69) is 15.7 Å². The van der Waals surface area contributed by atoms with Crippen molar-refractivity contribution in [2.24, 2.45) is 0 Å². The molecule has 2 fully saturated rings. The van der Waals surface area contributed by atoms with E-state index in [-0.39, 0.29) is 6.61 Å². The van der Waals surface area contributed by atoms with Gasteiger partial charge in [0.25, 0.3) is 0 Å². The lowest BCUT2D eigenvalue weighted by molar-refractivity contribution is -0.166. The number of amides is 2. The van der Waals surface area contributed by atoms with Gasteiger partial charge in [0, 0.05) is 17.4 Å². The van der Waals surface area contributed by atoms with Gasteiger partial charge in [0.05, 0.1) is 26.0 Å². The molecule has 0 saturated carbocycles. The molecule has 2 bridgehead atoms. The molecule has 9 nitrogen and oxygen atoms in total. The van der Waals surface area contributed by atoms with Crippen LogP contribution in [0, 0.1) is 0 Å². The van der Waals surface area contributed by atoms with Gasteiger partial charge in [0.1, 0.15) is 24.0 Å². The summed E-state index contributed by atoms with van der Waals surface area (Å²) >= 11 is 0. The highest BCUT2D eigenvalue weighted by atomic mass is 16.7. The van der Waals surface area contributed by atoms with E-state index >= 15 is 0 Å². The largest absolute Gasteiger partial charge is 0.497 e. The maximum atomic E-state index is 12.6. The quantitative estimate of drug-likeness (QED) is 0.567. The van der Waals surface area contributed by atoms with Crippen LogP contribution in [-0.2, 0) is 9.47 Å². The number of fused-ring (bicyclic) bond motifs is 2. The monoisotopic (exact) mass is 436 g/mol. The normalized spacial score (nSPS) is 26.5. The number of nitrogens with zero attached hydrogens (tertiary/aromatic N) is 2. The number of aromatic nitrogens is 2. The molecule has 2 aromatic carbocycles. The minimum atomic E-state index is -0.952. The Morgan fingerprint density at radius 3 is 2.69 bits per heavy atom. The Labute approximate surface area is 184 Å². The van der Waals surface area contributed by atoms with Crippen molar-refractivity contribution in [2.45, 2.75) is 30.6 Å². The van der Waals surface area contributed by atoms with E-state index < -0.39 is 36.6 Å². The fourth-order valence-corrected chi connectivity index (χ4v) is 4.13. The van der Waals surface area contributed by atoms with Crippen LogP contribution in [0.1, 0.15) is 6.04 Å². The second-order valence-corrected chi connectivity index (χ2v) is 7.79. The first-order valence-electron chi connectivity index (χ1n) is 10.4. The van der Waals surface area contributed by atoms with Crippen LogP contribution >= 0.6 is 0 Å². The molecule has 5 atom stereocenters. The van der Waals surface area contributed by atoms with Gasteiger partial charge in [-0.25, -0.2) is 4.79 Å². The topological polar surface area (TPSA) is 107 Å². The highest BCUT2D eigenvalue weighted by molar-refractivity contribution is 5.89. The second-order valence-electron chi connectivity index (χ2n) is 7.79. The van der Waals surface area contributed by atoms with Crippen molar-refractivity contribution in [3.8, 4) is 16.9 Å². The van der Waals surface area contributed by atoms with E-state index in [4.69, 9.17) is 14.2 Å². The molecule has 0 unspecified atom stereocenters. The predicted molar refractivity (Wildman–Crippen MR) is 116 cm³/mol. The van der Waals surface area contributed by atoms with Gasteiger partial charge >= 0.3 is 6.03 Å². The molecule has 3 heterocycles. The number of methoxy groups -OCH3 is 1. The number of ether oxygens (including phenoxy) is 3. The summed E-state index contributed by atoms with van der Waals surface area (Å²) < 4.78 is 18.5. The number of carbonyl (C=O) groups excluding carboxylic acids is 1. The number of anilines is 1. The summed E-state index contributed by atoms with van der Waals surface area (Å²) in [5.41, 5.74) is 2.54. The number of carbonyl (C=O) groups is 1. The molecule has 32 heavy (non-hydrogen) atoms. The molecule has 166 valence electrons. The highest BCUT2D eigenvalue weighted by Crippen LogP contribution is 2.36. The molecule has 5 rings (SSSR count). The Morgan fingerprint density at radius 1 is 1.16 bits per heavy atom. The van der Waals surface area contributed by atoms with E-state index in [1.165, 1.54) is 0 Å². The number of urea groups is 1. The lowest BCUT2D eigenvalue weighted by Gasteiger charge is -2.38. The van der Waals surface area contributed by atoms with Crippen LogP contribution in [-0.4, -0.2) is 59.2 Å². The van der Waals surface area contributed by atoms with E-state index in [0.717, 1.165) is 11.1 Å². The van der Waals surface area contributed by atoms with E-state index in [0.29, 0.717) is 11.4 Å². The zero-order chi connectivity index (χ0) is 22.1. The first-order chi connectivity index (χ1) is 15.6. The van der Waals surface area contributed by atoms with Crippen molar-refractivity contribution in [3.05, 3.63) is 67.0 Å². The summed E-state index contributed by atoms with van der Waals surface area (Å²) in [6, 6.07) is 15.1. The Morgan fingerprint density at radius 2 is 1.94 bits per heavy atom. The number of benzene rings is 2. The zero-order valence-electron chi connectivity index (χ0n) is 17.4. The van der Waals surface area contributed by atoms with Gasteiger partial charge in [-0.3, -0.25) is 4.68 Å². The molecular weight excluding hydrogens is 412 g/mol. The van der Waals surface area contributed by atoms with Crippen molar-refractivity contribution in [1.29, 1.82) is 0 Å². The molecule has 0 radical (unpaired) electrons. The molecule has 9 heteroatoms. The summed E-state index contributed by atoms with van der Waals surface area (Å²) in [7, 11) is 1.58. The van der Waals surface area contributed by atoms with E-state index in [1.54, 1.807) is 42.3 Å². The van der Waals surface area contributed by atoms with Gasteiger partial charge in [-0.15, -0.1) is 0 Å². The molecule has 2 amide bonds. The number of aliphatic hydroxyl groups is 1. The third-order valence-electron chi connectivity index (χ3n) is 5.79. The Kier molecular flexibility index (Phi) is 5.52. The highest BCUT2D eigenvalue weighted by Gasteiger charge is 2.51. The Hall–Kier alpha value is -3.40. The standard InChI is InChI=1S/C23H24N4O5/c1-30-17-9-7-16(8-10-17)25-23(29)26-19-18-13-31-22(32-18)20(21(19)28)27-12-15(11-24-27)14-5-3-2-4-6-14/h2-12,18-22,28H,13H2,1H3,(H2,25,26,29)/t18-,19-,20-,21+,22-/m1/s1. The van der Waals surface area contributed by atoms with Gasteiger partial charge in [-0.05, 0) is 29.8 Å². The molecule has 0 spiro atoms. The van der Waals surface area contributed by atoms with Crippen molar-refractivity contribution >= 4 is 11.7 Å². The summed E-state index contributed by atoms with van der Waals surface area (Å²) in [4.78, 5) is 12.6. The maximum Gasteiger partial charge on any atom is 0.319 e. The average molecular weight is 436 g/mol. The Balaban J connectivity index is 1.31. The molecule has 2 saturated heterocycles. The number of rotatable bonds is 5. The minimum absolute atomic E-state index is 0.276. The van der Waals surface area contributed by atoms with Crippen molar-refractivity contribution < 1.29 is 24.1 Å². The fourth-order valence-electron chi connectivity index (χ4n) is 4.13. The summed E-state index contributed by atoms with van der Waals surface area (Å²) in [6.07, 6.45) is 1.55. The molecule has 1 aromatic heterocycles. The van der Waals surface area contributed by atoms with Crippen LogP contribution in [0.25, 0.3) is 11.1 Å². The number of hydrogen-bond acceptors (Lipinski definition) is 6. The maximum absolute atomic E-state index is 12.6. The first-order valence-corrected chi connectivity index (χ1v) is 10.4. The van der Waals surface area contributed by atoms with E-state index in [1.807, 2.05) is 36.5 Å². The number of aliphatic hydroxyl groups excluding tert-OH is 1. The zero-order valence-corrected chi connectivity index (χ0v) is 17.4. The molecular formula is C23H24N4O5.